The van der Waals surface area contributed by atoms with Crippen molar-refractivity contribution in [3.8, 4) is 0 Å². The van der Waals surface area contributed by atoms with Crippen LogP contribution in [-0.2, 0) is 12.8 Å². The van der Waals surface area contributed by atoms with Gasteiger partial charge >= 0.3 is 6.03 Å². The fourth-order valence-electron chi connectivity index (χ4n) is 3.40. The number of fused-ring (bicyclic) bond motifs is 1. The molecule has 1 fully saturated rings. The standard InChI is InChI=1S/C18H22N4OS/c23-17(21-18-20-15-5-1-2-6-16(15)24-18)19-13-7-9-14(10-8-13)22-11-3-4-12-22/h7-10H,1-6,11-12H2,(H2,19,20,21,23). The largest absolute Gasteiger partial charge is 0.372 e. The summed E-state index contributed by atoms with van der Waals surface area (Å²) in [6.45, 7) is 2.25. The van der Waals surface area contributed by atoms with Crippen LogP contribution in [0.1, 0.15) is 36.3 Å². The fraction of sp³-hybridized carbons (Fsp3) is 0.444. The number of amides is 2. The quantitative estimate of drug-likeness (QED) is 0.876. The molecule has 1 aliphatic carbocycles. The van der Waals surface area contributed by atoms with Gasteiger partial charge in [-0.05, 0) is 62.8 Å². The number of benzene rings is 1. The monoisotopic (exact) mass is 342 g/mol. The third kappa shape index (κ3) is 3.38. The zero-order chi connectivity index (χ0) is 16.4. The number of hydrogen-bond donors (Lipinski definition) is 2. The van der Waals surface area contributed by atoms with Gasteiger partial charge in [0.25, 0.3) is 0 Å². The molecule has 2 aliphatic rings. The molecular formula is C18H22N4OS. The number of rotatable bonds is 3. The summed E-state index contributed by atoms with van der Waals surface area (Å²) in [5, 5.41) is 6.45. The average Bonchev–Trinajstić information content (AvgIpc) is 3.24. The van der Waals surface area contributed by atoms with Crippen LogP contribution in [0.5, 0.6) is 0 Å². The van der Waals surface area contributed by atoms with Gasteiger partial charge in [0, 0.05) is 29.3 Å². The van der Waals surface area contributed by atoms with Crippen LogP contribution in [0.15, 0.2) is 24.3 Å². The van der Waals surface area contributed by atoms with E-state index >= 15 is 0 Å². The Bertz CT molecular complexity index is 696. The van der Waals surface area contributed by atoms with Gasteiger partial charge in [-0.2, -0.15) is 0 Å². The molecule has 2 aromatic rings. The van der Waals surface area contributed by atoms with Gasteiger partial charge in [-0.15, -0.1) is 11.3 Å². The van der Waals surface area contributed by atoms with Crippen molar-refractivity contribution in [3.63, 3.8) is 0 Å². The van der Waals surface area contributed by atoms with Crippen LogP contribution in [0.4, 0.5) is 21.3 Å². The van der Waals surface area contributed by atoms with Crippen LogP contribution in [0.3, 0.4) is 0 Å². The number of carbonyl (C=O) groups excluding carboxylic acids is 1. The predicted octanol–water partition coefficient (Wildman–Crippen LogP) is 4.27. The van der Waals surface area contributed by atoms with Crippen molar-refractivity contribution in [1.82, 2.24) is 4.98 Å². The van der Waals surface area contributed by atoms with E-state index in [9.17, 15) is 4.79 Å². The summed E-state index contributed by atoms with van der Waals surface area (Å²) in [4.78, 5) is 20.4. The van der Waals surface area contributed by atoms with E-state index in [0.29, 0.717) is 5.13 Å². The number of nitrogens with one attached hydrogen (secondary N) is 2. The third-order valence-electron chi connectivity index (χ3n) is 4.66. The van der Waals surface area contributed by atoms with Gasteiger partial charge in [0.1, 0.15) is 0 Å². The Labute approximate surface area is 146 Å². The summed E-state index contributed by atoms with van der Waals surface area (Å²) in [6.07, 6.45) is 7.08. The first kappa shape index (κ1) is 15.4. The van der Waals surface area contributed by atoms with E-state index in [0.717, 1.165) is 37.3 Å². The lowest BCUT2D eigenvalue weighted by Gasteiger charge is -2.17. The zero-order valence-electron chi connectivity index (χ0n) is 13.7. The molecule has 1 aromatic heterocycles. The highest BCUT2D eigenvalue weighted by molar-refractivity contribution is 7.15. The summed E-state index contributed by atoms with van der Waals surface area (Å²) >= 11 is 1.60. The molecule has 0 radical (unpaired) electrons. The maximum Gasteiger partial charge on any atom is 0.325 e. The fourth-order valence-corrected chi connectivity index (χ4v) is 4.44. The summed E-state index contributed by atoms with van der Waals surface area (Å²) in [7, 11) is 0. The Hall–Kier alpha value is -2.08. The Morgan fingerprint density at radius 3 is 2.50 bits per heavy atom. The molecule has 1 aliphatic heterocycles. The summed E-state index contributed by atoms with van der Waals surface area (Å²) in [5.41, 5.74) is 3.19. The van der Waals surface area contributed by atoms with Crippen LogP contribution < -0.4 is 15.5 Å². The van der Waals surface area contributed by atoms with Crippen LogP contribution >= 0.6 is 11.3 Å². The second-order valence-corrected chi connectivity index (χ2v) is 7.50. The van der Waals surface area contributed by atoms with E-state index in [2.05, 4.69) is 32.7 Å². The Balaban J connectivity index is 1.36. The minimum Gasteiger partial charge on any atom is -0.372 e. The zero-order valence-corrected chi connectivity index (χ0v) is 14.5. The summed E-state index contributed by atoms with van der Waals surface area (Å²) in [6, 6.07) is 7.83. The maximum absolute atomic E-state index is 12.2. The van der Waals surface area contributed by atoms with Crippen molar-refractivity contribution >= 4 is 33.9 Å². The molecule has 126 valence electrons. The molecule has 5 nitrogen and oxygen atoms in total. The van der Waals surface area contributed by atoms with Crippen LogP contribution in [0.25, 0.3) is 0 Å². The van der Waals surface area contributed by atoms with Gasteiger partial charge in [0.15, 0.2) is 5.13 Å². The molecule has 24 heavy (non-hydrogen) atoms. The second-order valence-electron chi connectivity index (χ2n) is 6.42. The molecular weight excluding hydrogens is 320 g/mol. The molecule has 2 heterocycles. The first-order chi connectivity index (χ1) is 11.8. The number of urea groups is 1. The number of hydrogen-bond acceptors (Lipinski definition) is 4. The van der Waals surface area contributed by atoms with Gasteiger partial charge < -0.3 is 10.2 Å². The average molecular weight is 342 g/mol. The normalized spacial score (nSPS) is 16.8. The van der Waals surface area contributed by atoms with E-state index < -0.39 is 0 Å². The first-order valence-electron chi connectivity index (χ1n) is 8.69. The van der Waals surface area contributed by atoms with Crippen molar-refractivity contribution in [2.45, 2.75) is 38.5 Å². The van der Waals surface area contributed by atoms with Crippen LogP contribution in [0, 0.1) is 0 Å². The molecule has 4 rings (SSSR count). The minimum atomic E-state index is -0.227. The van der Waals surface area contributed by atoms with Crippen molar-refractivity contribution < 1.29 is 4.79 Å². The molecule has 6 heteroatoms. The highest BCUT2D eigenvalue weighted by atomic mass is 32.1. The van der Waals surface area contributed by atoms with Crippen molar-refractivity contribution in [1.29, 1.82) is 0 Å². The maximum atomic E-state index is 12.2. The second kappa shape index (κ2) is 6.81. The Morgan fingerprint density at radius 1 is 1.00 bits per heavy atom. The minimum absolute atomic E-state index is 0.227. The predicted molar refractivity (Wildman–Crippen MR) is 99.3 cm³/mol. The first-order valence-corrected chi connectivity index (χ1v) is 9.51. The lowest BCUT2D eigenvalue weighted by atomic mass is 10.0. The van der Waals surface area contributed by atoms with Gasteiger partial charge in [-0.3, -0.25) is 5.32 Å². The Kier molecular flexibility index (Phi) is 4.38. The van der Waals surface area contributed by atoms with Crippen molar-refractivity contribution in [2.24, 2.45) is 0 Å². The number of thiazole rings is 1. The smallest absolute Gasteiger partial charge is 0.325 e. The molecule has 0 atom stereocenters. The summed E-state index contributed by atoms with van der Waals surface area (Å²) in [5.74, 6) is 0. The van der Waals surface area contributed by atoms with E-state index in [1.54, 1.807) is 11.3 Å². The van der Waals surface area contributed by atoms with Crippen molar-refractivity contribution in [2.75, 3.05) is 28.6 Å². The molecule has 1 aromatic carbocycles. The van der Waals surface area contributed by atoms with Gasteiger partial charge in [-0.25, -0.2) is 9.78 Å². The topological polar surface area (TPSA) is 57.3 Å². The van der Waals surface area contributed by atoms with Crippen molar-refractivity contribution in [3.05, 3.63) is 34.8 Å². The highest BCUT2D eigenvalue weighted by Gasteiger charge is 2.16. The molecule has 0 unspecified atom stereocenters. The number of carbonyl (C=O) groups is 1. The summed E-state index contributed by atoms with van der Waals surface area (Å²) < 4.78 is 0. The molecule has 0 bridgehead atoms. The molecule has 2 N–H and O–H groups in total. The van der Waals surface area contributed by atoms with Gasteiger partial charge in [0.05, 0.1) is 5.69 Å². The van der Waals surface area contributed by atoms with E-state index in [-0.39, 0.29) is 6.03 Å². The van der Waals surface area contributed by atoms with E-state index in [1.807, 2.05) is 12.1 Å². The van der Waals surface area contributed by atoms with Gasteiger partial charge in [-0.1, -0.05) is 0 Å². The number of anilines is 3. The highest BCUT2D eigenvalue weighted by Crippen LogP contribution is 2.29. The molecule has 0 saturated carbocycles. The number of aromatic nitrogens is 1. The van der Waals surface area contributed by atoms with Crippen LogP contribution in [0.2, 0.25) is 0 Å². The SMILES string of the molecule is O=C(Nc1ccc(N2CCCC2)cc1)Nc1nc2c(s1)CCCC2. The molecule has 1 saturated heterocycles. The van der Waals surface area contributed by atoms with E-state index in [1.165, 1.54) is 36.2 Å². The number of nitrogens with zero attached hydrogens (tertiary/aromatic N) is 2. The van der Waals surface area contributed by atoms with Gasteiger partial charge in [0.2, 0.25) is 0 Å². The number of aryl methyl sites for hydroxylation is 2. The van der Waals surface area contributed by atoms with Crippen LogP contribution in [-0.4, -0.2) is 24.1 Å². The molecule has 2 amide bonds. The Morgan fingerprint density at radius 2 is 1.75 bits per heavy atom. The third-order valence-corrected chi connectivity index (χ3v) is 5.74. The van der Waals surface area contributed by atoms with E-state index in [4.69, 9.17) is 0 Å². The lowest BCUT2D eigenvalue weighted by Crippen LogP contribution is -2.20. The molecule has 0 spiro atoms. The lowest BCUT2D eigenvalue weighted by molar-refractivity contribution is 0.262.